The number of benzene rings is 1. The lowest BCUT2D eigenvalue weighted by molar-refractivity contribution is -0.384. The predicted molar refractivity (Wildman–Crippen MR) is 71.6 cm³/mol. The predicted octanol–water partition coefficient (Wildman–Crippen LogP) is 1.38. The van der Waals surface area contributed by atoms with Gasteiger partial charge < -0.3 is 15.7 Å². The molecule has 0 fully saturated rings. The fourth-order valence-electron chi connectivity index (χ4n) is 1.54. The lowest BCUT2D eigenvalue weighted by Crippen LogP contribution is -2.27. The number of hydrogen-bond donors (Lipinski definition) is 3. The second kappa shape index (κ2) is 7.48. The summed E-state index contributed by atoms with van der Waals surface area (Å²) in [5, 5.41) is 24.8. The average molecular weight is 303 g/mol. The van der Waals surface area contributed by atoms with Crippen molar-refractivity contribution in [1.82, 2.24) is 5.32 Å². The summed E-state index contributed by atoms with van der Waals surface area (Å²) in [5.74, 6) is -0.472. The maximum Gasteiger partial charge on any atom is 0.293 e. The Bertz CT molecular complexity index is 525. The Morgan fingerprint density at radius 3 is 2.67 bits per heavy atom. The van der Waals surface area contributed by atoms with Crippen molar-refractivity contribution in [2.24, 2.45) is 0 Å². The van der Waals surface area contributed by atoms with Crippen LogP contribution in [-0.2, 0) is 0 Å². The maximum absolute atomic E-state index is 12.2. The Morgan fingerprint density at radius 2 is 2.14 bits per heavy atom. The van der Waals surface area contributed by atoms with Gasteiger partial charge in [-0.3, -0.25) is 14.9 Å². The Balaban J connectivity index is 2.94. The van der Waals surface area contributed by atoms with Crippen LogP contribution in [0.25, 0.3) is 0 Å². The number of carbonyl (C=O) groups excluding carboxylic acids is 1. The second-order valence-corrected chi connectivity index (χ2v) is 4.13. The maximum atomic E-state index is 12.2. The van der Waals surface area contributed by atoms with Gasteiger partial charge in [-0.1, -0.05) is 0 Å². The highest BCUT2D eigenvalue weighted by atomic mass is 19.3. The van der Waals surface area contributed by atoms with E-state index in [2.05, 4.69) is 10.6 Å². The molecule has 1 amide bonds. The van der Waals surface area contributed by atoms with Crippen molar-refractivity contribution in [3.8, 4) is 0 Å². The number of anilines is 1. The SMILES string of the molecule is CCNC(=O)c1ccc(NCC(O)C(F)F)c([N+](=O)[O-])c1. The highest BCUT2D eigenvalue weighted by Gasteiger charge is 2.20. The van der Waals surface area contributed by atoms with E-state index in [1.165, 1.54) is 12.1 Å². The first-order valence-corrected chi connectivity index (χ1v) is 6.13. The van der Waals surface area contributed by atoms with Crippen LogP contribution in [0.3, 0.4) is 0 Å². The van der Waals surface area contributed by atoms with Crippen molar-refractivity contribution in [2.75, 3.05) is 18.4 Å². The Kier molecular flexibility index (Phi) is 5.97. The standard InChI is InChI=1S/C12H15F2N3O4/c1-2-15-12(19)7-3-4-8(9(5-7)17(20)21)16-6-10(18)11(13)14/h3-5,10-11,16,18H,2,6H2,1H3,(H,15,19). The molecule has 0 aromatic heterocycles. The van der Waals surface area contributed by atoms with Gasteiger partial charge in [-0.15, -0.1) is 0 Å². The van der Waals surface area contributed by atoms with E-state index in [4.69, 9.17) is 5.11 Å². The van der Waals surface area contributed by atoms with Crippen LogP contribution >= 0.6 is 0 Å². The molecule has 0 aliphatic rings. The third-order valence-electron chi connectivity index (χ3n) is 2.59. The molecule has 0 radical (unpaired) electrons. The van der Waals surface area contributed by atoms with E-state index in [1.807, 2.05) is 0 Å². The highest BCUT2D eigenvalue weighted by Crippen LogP contribution is 2.25. The molecule has 3 N–H and O–H groups in total. The van der Waals surface area contributed by atoms with Crippen LogP contribution in [0.15, 0.2) is 18.2 Å². The fraction of sp³-hybridized carbons (Fsp3) is 0.417. The molecule has 116 valence electrons. The minimum Gasteiger partial charge on any atom is -0.385 e. The second-order valence-electron chi connectivity index (χ2n) is 4.13. The normalized spacial score (nSPS) is 12.0. The molecule has 1 unspecified atom stereocenters. The molecule has 1 rings (SSSR count). The topological polar surface area (TPSA) is 104 Å². The summed E-state index contributed by atoms with van der Waals surface area (Å²) in [5.41, 5.74) is -0.392. The quantitative estimate of drug-likeness (QED) is 0.521. The van der Waals surface area contributed by atoms with Gasteiger partial charge in [-0.25, -0.2) is 8.78 Å². The number of nitrogens with zero attached hydrogens (tertiary/aromatic N) is 1. The molecule has 0 spiro atoms. The zero-order valence-electron chi connectivity index (χ0n) is 11.2. The Morgan fingerprint density at radius 1 is 1.48 bits per heavy atom. The van der Waals surface area contributed by atoms with Crippen molar-refractivity contribution >= 4 is 17.3 Å². The number of carbonyl (C=O) groups is 1. The van der Waals surface area contributed by atoms with Crippen LogP contribution in [0.5, 0.6) is 0 Å². The number of nitrogens with one attached hydrogen (secondary N) is 2. The van der Waals surface area contributed by atoms with Gasteiger partial charge in [-0.2, -0.15) is 0 Å². The third-order valence-corrected chi connectivity index (χ3v) is 2.59. The van der Waals surface area contributed by atoms with Gasteiger partial charge in [0.25, 0.3) is 18.0 Å². The molecule has 1 aromatic rings. The first kappa shape index (κ1) is 16.8. The number of amides is 1. The minimum atomic E-state index is -2.95. The summed E-state index contributed by atoms with van der Waals surface area (Å²) in [4.78, 5) is 21.8. The molecular weight excluding hydrogens is 288 g/mol. The first-order chi connectivity index (χ1) is 9.86. The summed E-state index contributed by atoms with van der Waals surface area (Å²) in [6.07, 6.45) is -4.89. The Labute approximate surface area is 119 Å². The van der Waals surface area contributed by atoms with Crippen LogP contribution < -0.4 is 10.6 Å². The summed E-state index contributed by atoms with van der Waals surface area (Å²) in [7, 11) is 0. The monoisotopic (exact) mass is 303 g/mol. The molecule has 21 heavy (non-hydrogen) atoms. The van der Waals surface area contributed by atoms with Crippen molar-refractivity contribution in [3.63, 3.8) is 0 Å². The molecule has 0 aliphatic carbocycles. The molecule has 0 bridgehead atoms. The largest absolute Gasteiger partial charge is 0.385 e. The molecule has 0 saturated carbocycles. The van der Waals surface area contributed by atoms with Gasteiger partial charge in [0.15, 0.2) is 0 Å². The van der Waals surface area contributed by atoms with Crippen molar-refractivity contribution in [1.29, 1.82) is 0 Å². The number of rotatable bonds is 7. The molecule has 0 aliphatic heterocycles. The van der Waals surface area contributed by atoms with Gasteiger partial charge in [0.1, 0.15) is 11.8 Å². The minimum absolute atomic E-state index is 0.0484. The Hall–Kier alpha value is -2.29. The average Bonchev–Trinajstić information content (AvgIpc) is 2.44. The van der Waals surface area contributed by atoms with Crippen LogP contribution in [-0.4, -0.2) is 41.6 Å². The fourth-order valence-corrected chi connectivity index (χ4v) is 1.54. The zero-order valence-corrected chi connectivity index (χ0v) is 11.2. The third kappa shape index (κ3) is 4.63. The number of nitro benzene ring substituents is 1. The van der Waals surface area contributed by atoms with Crippen molar-refractivity contribution in [2.45, 2.75) is 19.5 Å². The first-order valence-electron chi connectivity index (χ1n) is 6.13. The number of halogens is 2. The highest BCUT2D eigenvalue weighted by molar-refractivity contribution is 5.95. The number of aliphatic hydroxyl groups is 1. The van der Waals surface area contributed by atoms with E-state index < -0.39 is 35.6 Å². The van der Waals surface area contributed by atoms with E-state index >= 15 is 0 Å². The number of nitro groups is 1. The van der Waals surface area contributed by atoms with Crippen LogP contribution in [0.1, 0.15) is 17.3 Å². The lowest BCUT2D eigenvalue weighted by atomic mass is 10.1. The number of hydrogen-bond acceptors (Lipinski definition) is 5. The van der Waals surface area contributed by atoms with Crippen molar-refractivity contribution < 1.29 is 23.6 Å². The lowest BCUT2D eigenvalue weighted by Gasteiger charge is -2.12. The molecule has 7 nitrogen and oxygen atoms in total. The molecule has 1 aromatic carbocycles. The van der Waals surface area contributed by atoms with E-state index in [9.17, 15) is 23.7 Å². The number of alkyl halides is 2. The van der Waals surface area contributed by atoms with Crippen molar-refractivity contribution in [3.05, 3.63) is 33.9 Å². The number of aliphatic hydroxyl groups excluding tert-OH is 1. The molecule has 0 heterocycles. The van der Waals surface area contributed by atoms with E-state index in [-0.39, 0.29) is 11.3 Å². The molecule has 9 heteroatoms. The van der Waals surface area contributed by atoms with E-state index in [0.717, 1.165) is 6.07 Å². The van der Waals surface area contributed by atoms with E-state index in [1.54, 1.807) is 6.92 Å². The van der Waals surface area contributed by atoms with Crippen LogP contribution in [0.2, 0.25) is 0 Å². The smallest absolute Gasteiger partial charge is 0.293 e. The molecule has 1 atom stereocenters. The van der Waals surface area contributed by atoms with Gasteiger partial charge >= 0.3 is 0 Å². The zero-order chi connectivity index (χ0) is 16.0. The summed E-state index contributed by atoms with van der Waals surface area (Å²) in [6, 6.07) is 3.61. The van der Waals surface area contributed by atoms with Gasteiger partial charge in [0, 0.05) is 24.7 Å². The molecular formula is C12H15F2N3O4. The summed E-state index contributed by atoms with van der Waals surface area (Å²) >= 11 is 0. The van der Waals surface area contributed by atoms with Crippen LogP contribution in [0, 0.1) is 10.1 Å². The van der Waals surface area contributed by atoms with Crippen LogP contribution in [0.4, 0.5) is 20.2 Å². The molecule has 0 saturated heterocycles. The van der Waals surface area contributed by atoms with Gasteiger partial charge in [0.2, 0.25) is 0 Å². The van der Waals surface area contributed by atoms with Gasteiger partial charge in [-0.05, 0) is 19.1 Å². The van der Waals surface area contributed by atoms with E-state index in [0.29, 0.717) is 6.54 Å². The van der Waals surface area contributed by atoms with Gasteiger partial charge in [0.05, 0.1) is 4.92 Å². The summed E-state index contributed by atoms with van der Waals surface area (Å²) in [6.45, 7) is 1.53. The summed E-state index contributed by atoms with van der Waals surface area (Å²) < 4.78 is 24.3.